The molecule has 0 radical (unpaired) electrons. The Labute approximate surface area is 133 Å². The summed E-state index contributed by atoms with van der Waals surface area (Å²) in [6, 6.07) is 4.67. The van der Waals surface area contributed by atoms with Gasteiger partial charge in [0, 0.05) is 17.0 Å². The molecule has 0 unspecified atom stereocenters. The predicted molar refractivity (Wildman–Crippen MR) is 83.6 cm³/mol. The second kappa shape index (κ2) is 8.26. The third-order valence-electron chi connectivity index (χ3n) is 2.43. The molecule has 116 valence electrons. The lowest BCUT2D eigenvalue weighted by Gasteiger charge is -2.08. The summed E-state index contributed by atoms with van der Waals surface area (Å²) in [5, 5.41) is 4.24. The SMILES string of the molecule is C=CS(=O)(=O)CCCNC(=O)COc1ccc(Cl)cc1Cl. The molecule has 0 saturated heterocycles. The number of amides is 1. The second-order valence-electron chi connectivity index (χ2n) is 4.10. The largest absolute Gasteiger partial charge is 0.482 e. The molecule has 0 saturated carbocycles. The van der Waals surface area contributed by atoms with Crippen molar-refractivity contribution in [2.45, 2.75) is 6.42 Å². The fourth-order valence-corrected chi connectivity index (χ4v) is 2.55. The van der Waals surface area contributed by atoms with Crippen LogP contribution in [-0.2, 0) is 14.6 Å². The molecule has 0 bridgehead atoms. The van der Waals surface area contributed by atoms with Crippen molar-refractivity contribution in [1.29, 1.82) is 0 Å². The van der Waals surface area contributed by atoms with Crippen molar-refractivity contribution in [3.63, 3.8) is 0 Å². The van der Waals surface area contributed by atoms with E-state index in [1.807, 2.05) is 0 Å². The van der Waals surface area contributed by atoms with Crippen molar-refractivity contribution >= 4 is 38.9 Å². The summed E-state index contributed by atoms with van der Waals surface area (Å²) in [6.07, 6.45) is 0.307. The molecule has 0 aromatic heterocycles. The molecule has 0 spiro atoms. The van der Waals surface area contributed by atoms with Crippen LogP contribution in [0.25, 0.3) is 0 Å². The van der Waals surface area contributed by atoms with E-state index in [-0.39, 0.29) is 24.8 Å². The minimum atomic E-state index is -3.23. The van der Waals surface area contributed by atoms with Gasteiger partial charge in [-0.3, -0.25) is 4.79 Å². The summed E-state index contributed by atoms with van der Waals surface area (Å²) in [5.74, 6) is -0.0665. The maximum atomic E-state index is 11.5. The van der Waals surface area contributed by atoms with Gasteiger partial charge in [-0.05, 0) is 24.6 Å². The minimum absolute atomic E-state index is 0.0549. The lowest BCUT2D eigenvalue weighted by molar-refractivity contribution is -0.123. The molecule has 0 aliphatic heterocycles. The first-order chi connectivity index (χ1) is 9.84. The Morgan fingerprint density at radius 3 is 2.71 bits per heavy atom. The van der Waals surface area contributed by atoms with Crippen LogP contribution in [0.15, 0.2) is 30.2 Å². The highest BCUT2D eigenvalue weighted by atomic mass is 35.5. The Morgan fingerprint density at radius 2 is 2.10 bits per heavy atom. The quantitative estimate of drug-likeness (QED) is 0.730. The molecule has 8 heteroatoms. The number of hydrogen-bond donors (Lipinski definition) is 1. The first kappa shape index (κ1) is 17.8. The van der Waals surface area contributed by atoms with E-state index in [0.717, 1.165) is 5.41 Å². The van der Waals surface area contributed by atoms with Gasteiger partial charge < -0.3 is 10.1 Å². The first-order valence-electron chi connectivity index (χ1n) is 6.04. The highest BCUT2D eigenvalue weighted by Crippen LogP contribution is 2.27. The molecule has 1 N–H and O–H groups in total. The molecule has 21 heavy (non-hydrogen) atoms. The van der Waals surface area contributed by atoms with Gasteiger partial charge in [0.15, 0.2) is 16.4 Å². The topological polar surface area (TPSA) is 72.5 Å². The van der Waals surface area contributed by atoms with Crippen LogP contribution in [0.3, 0.4) is 0 Å². The van der Waals surface area contributed by atoms with Crippen molar-refractivity contribution in [2.75, 3.05) is 18.9 Å². The molecule has 1 aromatic rings. The molecule has 5 nitrogen and oxygen atoms in total. The van der Waals surface area contributed by atoms with Crippen LogP contribution >= 0.6 is 23.2 Å². The number of sulfone groups is 1. The normalized spacial score (nSPS) is 11.0. The van der Waals surface area contributed by atoms with Gasteiger partial charge in [-0.15, -0.1) is 0 Å². The van der Waals surface area contributed by atoms with E-state index in [4.69, 9.17) is 27.9 Å². The number of benzene rings is 1. The molecular weight excluding hydrogens is 337 g/mol. The van der Waals surface area contributed by atoms with Gasteiger partial charge in [0.1, 0.15) is 5.75 Å². The van der Waals surface area contributed by atoms with Gasteiger partial charge in [-0.1, -0.05) is 29.8 Å². The third kappa shape index (κ3) is 6.84. The highest BCUT2D eigenvalue weighted by molar-refractivity contribution is 7.94. The number of halogens is 2. The highest BCUT2D eigenvalue weighted by Gasteiger charge is 2.08. The summed E-state index contributed by atoms with van der Waals surface area (Å²) in [5.41, 5.74) is 0. The zero-order chi connectivity index (χ0) is 15.9. The number of ether oxygens (including phenoxy) is 1. The zero-order valence-corrected chi connectivity index (χ0v) is 13.5. The average molecular weight is 352 g/mol. The van der Waals surface area contributed by atoms with E-state index in [1.54, 1.807) is 12.1 Å². The van der Waals surface area contributed by atoms with Crippen LogP contribution in [0.5, 0.6) is 5.75 Å². The standard InChI is InChI=1S/C13H15Cl2NO4S/c1-2-21(18,19)7-3-6-16-13(17)9-20-12-5-4-10(14)8-11(12)15/h2,4-5,8H,1,3,6-7,9H2,(H,16,17). The van der Waals surface area contributed by atoms with E-state index in [2.05, 4.69) is 11.9 Å². The first-order valence-corrected chi connectivity index (χ1v) is 8.51. The lowest BCUT2D eigenvalue weighted by Crippen LogP contribution is -2.30. The fraction of sp³-hybridized carbons (Fsp3) is 0.308. The number of carbonyl (C=O) groups is 1. The van der Waals surface area contributed by atoms with Gasteiger partial charge >= 0.3 is 0 Å². The molecule has 0 aliphatic carbocycles. The molecule has 1 amide bonds. The van der Waals surface area contributed by atoms with Gasteiger partial charge in [-0.2, -0.15) is 0 Å². The minimum Gasteiger partial charge on any atom is -0.482 e. The maximum absolute atomic E-state index is 11.5. The van der Waals surface area contributed by atoms with Crippen LogP contribution in [0.4, 0.5) is 0 Å². The Hall–Kier alpha value is -1.24. The number of carbonyl (C=O) groups excluding carboxylic acids is 1. The van der Waals surface area contributed by atoms with Crippen LogP contribution in [0.1, 0.15) is 6.42 Å². The van der Waals surface area contributed by atoms with E-state index in [1.165, 1.54) is 6.07 Å². The Kier molecular flexibility index (Phi) is 7.01. The molecular formula is C13H15Cl2NO4S. The molecule has 0 atom stereocenters. The summed E-state index contributed by atoms with van der Waals surface area (Å²) >= 11 is 11.6. The fourth-order valence-electron chi connectivity index (χ4n) is 1.37. The van der Waals surface area contributed by atoms with Crippen molar-refractivity contribution in [2.24, 2.45) is 0 Å². The maximum Gasteiger partial charge on any atom is 0.257 e. The van der Waals surface area contributed by atoms with Crippen LogP contribution in [-0.4, -0.2) is 33.2 Å². The van der Waals surface area contributed by atoms with Crippen molar-refractivity contribution < 1.29 is 17.9 Å². The summed E-state index contributed by atoms with van der Waals surface area (Å²) < 4.78 is 27.5. The monoisotopic (exact) mass is 351 g/mol. The Morgan fingerprint density at radius 1 is 1.38 bits per heavy atom. The van der Waals surface area contributed by atoms with E-state index >= 15 is 0 Å². The van der Waals surface area contributed by atoms with Crippen molar-refractivity contribution in [3.8, 4) is 5.75 Å². The van der Waals surface area contributed by atoms with Crippen LogP contribution < -0.4 is 10.1 Å². The molecule has 0 heterocycles. The molecule has 1 rings (SSSR count). The smallest absolute Gasteiger partial charge is 0.257 e. The third-order valence-corrected chi connectivity index (χ3v) is 4.33. The predicted octanol–water partition coefficient (Wildman–Crippen LogP) is 2.44. The summed E-state index contributed by atoms with van der Waals surface area (Å²) in [7, 11) is -3.23. The zero-order valence-electron chi connectivity index (χ0n) is 11.1. The Bertz CT molecular complexity index is 617. The van der Waals surface area contributed by atoms with Gasteiger partial charge in [0.25, 0.3) is 5.91 Å². The average Bonchev–Trinajstić information content (AvgIpc) is 2.43. The summed E-state index contributed by atoms with van der Waals surface area (Å²) in [4.78, 5) is 11.5. The molecule has 0 fully saturated rings. The van der Waals surface area contributed by atoms with Crippen LogP contribution in [0, 0.1) is 0 Å². The van der Waals surface area contributed by atoms with Gasteiger partial charge in [0.05, 0.1) is 10.8 Å². The van der Waals surface area contributed by atoms with Gasteiger partial charge in [0.2, 0.25) is 0 Å². The van der Waals surface area contributed by atoms with Crippen molar-refractivity contribution in [3.05, 3.63) is 40.2 Å². The van der Waals surface area contributed by atoms with E-state index in [9.17, 15) is 13.2 Å². The molecule has 0 aliphatic rings. The van der Waals surface area contributed by atoms with Crippen LogP contribution in [0.2, 0.25) is 10.0 Å². The number of rotatable bonds is 8. The summed E-state index contributed by atoms with van der Waals surface area (Å²) in [6.45, 7) is 3.23. The second-order valence-corrected chi connectivity index (χ2v) is 7.01. The van der Waals surface area contributed by atoms with Crippen molar-refractivity contribution in [1.82, 2.24) is 5.32 Å². The Balaban J connectivity index is 2.30. The number of hydrogen-bond acceptors (Lipinski definition) is 4. The van der Waals surface area contributed by atoms with E-state index < -0.39 is 9.84 Å². The lowest BCUT2D eigenvalue weighted by atomic mass is 10.3. The number of nitrogens with one attached hydrogen (secondary N) is 1. The molecule has 1 aromatic carbocycles. The van der Waals surface area contributed by atoms with E-state index in [0.29, 0.717) is 22.2 Å². The van der Waals surface area contributed by atoms with Gasteiger partial charge in [-0.25, -0.2) is 8.42 Å².